The minimum absolute atomic E-state index is 0.0969. The highest BCUT2D eigenvalue weighted by Gasteiger charge is 2.12. The fraction of sp³-hybridized carbons (Fsp3) is 0.263. The molecule has 130 valence electrons. The molecule has 0 bridgehead atoms. The molecular formula is C19H20N2O3S. The van der Waals surface area contributed by atoms with Gasteiger partial charge in [-0.3, -0.25) is 4.79 Å². The van der Waals surface area contributed by atoms with Crippen molar-refractivity contribution in [3.63, 3.8) is 0 Å². The van der Waals surface area contributed by atoms with Crippen LogP contribution in [0.2, 0.25) is 0 Å². The Morgan fingerprint density at radius 1 is 1.12 bits per heavy atom. The molecule has 0 saturated heterocycles. The fourth-order valence-corrected chi connectivity index (χ4v) is 3.19. The first-order valence-electron chi connectivity index (χ1n) is 8.13. The molecule has 0 atom stereocenters. The third-order valence-corrected chi connectivity index (χ3v) is 4.66. The number of thioether (sulfide) groups is 1. The second kappa shape index (κ2) is 8.58. The summed E-state index contributed by atoms with van der Waals surface area (Å²) in [5.74, 6) is 2.07. The molecule has 5 nitrogen and oxygen atoms in total. The van der Waals surface area contributed by atoms with Crippen LogP contribution in [0.4, 0.5) is 0 Å². The van der Waals surface area contributed by atoms with Gasteiger partial charge in [0.05, 0.1) is 5.71 Å². The maximum Gasteiger partial charge on any atom is 0.240 e. The zero-order valence-corrected chi connectivity index (χ0v) is 14.8. The molecule has 2 aromatic carbocycles. The van der Waals surface area contributed by atoms with Crippen LogP contribution < -0.4 is 14.9 Å². The van der Waals surface area contributed by atoms with E-state index in [1.807, 2.05) is 55.5 Å². The Labute approximate surface area is 151 Å². The van der Waals surface area contributed by atoms with Crippen LogP contribution in [-0.4, -0.2) is 30.6 Å². The molecule has 0 aromatic heterocycles. The van der Waals surface area contributed by atoms with Gasteiger partial charge in [0.2, 0.25) is 5.91 Å². The van der Waals surface area contributed by atoms with E-state index in [0.717, 1.165) is 21.9 Å². The Morgan fingerprint density at radius 3 is 2.68 bits per heavy atom. The number of fused-ring (bicyclic) bond motifs is 1. The third-order valence-electron chi connectivity index (χ3n) is 3.65. The standard InChI is InChI=1S/C19H20N2O3S/c1-14(15-7-8-17-18(13-15)24-11-10-23-17)20-21-19(22)9-12-25-16-5-3-2-4-6-16/h2-8,13H,9-12H2,1H3,(H,21,22)/b20-14+. The van der Waals surface area contributed by atoms with Crippen molar-refractivity contribution in [2.75, 3.05) is 19.0 Å². The Bertz CT molecular complexity index is 763. The summed E-state index contributed by atoms with van der Waals surface area (Å²) in [6.07, 6.45) is 0.414. The van der Waals surface area contributed by atoms with Crippen LogP contribution in [-0.2, 0) is 4.79 Å². The number of carbonyl (C=O) groups excluding carboxylic acids is 1. The lowest BCUT2D eigenvalue weighted by molar-refractivity contribution is -0.120. The van der Waals surface area contributed by atoms with E-state index in [2.05, 4.69) is 10.5 Å². The first kappa shape index (κ1) is 17.4. The van der Waals surface area contributed by atoms with E-state index in [1.165, 1.54) is 0 Å². The zero-order valence-electron chi connectivity index (χ0n) is 14.0. The van der Waals surface area contributed by atoms with Gasteiger partial charge >= 0.3 is 0 Å². The molecule has 0 spiro atoms. The van der Waals surface area contributed by atoms with Gasteiger partial charge in [0, 0.05) is 22.6 Å². The van der Waals surface area contributed by atoms with Gasteiger partial charge in [-0.15, -0.1) is 11.8 Å². The highest BCUT2D eigenvalue weighted by molar-refractivity contribution is 7.99. The van der Waals surface area contributed by atoms with Crippen molar-refractivity contribution in [1.29, 1.82) is 0 Å². The molecule has 0 unspecified atom stereocenters. The van der Waals surface area contributed by atoms with E-state index < -0.39 is 0 Å². The molecule has 1 amide bonds. The van der Waals surface area contributed by atoms with E-state index in [0.29, 0.717) is 31.1 Å². The van der Waals surface area contributed by atoms with E-state index in [-0.39, 0.29) is 5.91 Å². The summed E-state index contributed by atoms with van der Waals surface area (Å²) in [4.78, 5) is 13.1. The van der Waals surface area contributed by atoms with Gasteiger partial charge in [-0.2, -0.15) is 5.10 Å². The molecule has 6 heteroatoms. The number of hydrogen-bond acceptors (Lipinski definition) is 5. The van der Waals surface area contributed by atoms with E-state index in [9.17, 15) is 4.79 Å². The lowest BCUT2D eigenvalue weighted by Gasteiger charge is -2.18. The van der Waals surface area contributed by atoms with Crippen LogP contribution in [0.3, 0.4) is 0 Å². The minimum Gasteiger partial charge on any atom is -0.486 e. The number of hydrazone groups is 1. The summed E-state index contributed by atoms with van der Waals surface area (Å²) in [5, 5.41) is 4.18. The van der Waals surface area contributed by atoms with Crippen LogP contribution >= 0.6 is 11.8 Å². The highest BCUT2D eigenvalue weighted by atomic mass is 32.2. The van der Waals surface area contributed by atoms with E-state index >= 15 is 0 Å². The summed E-state index contributed by atoms with van der Waals surface area (Å²) >= 11 is 1.66. The molecule has 0 radical (unpaired) electrons. The number of amides is 1. The number of benzene rings is 2. The predicted octanol–water partition coefficient (Wildman–Crippen LogP) is 3.48. The number of rotatable bonds is 6. The maximum atomic E-state index is 11.9. The van der Waals surface area contributed by atoms with Crippen LogP contribution in [0, 0.1) is 0 Å². The van der Waals surface area contributed by atoms with Crippen molar-refractivity contribution in [2.45, 2.75) is 18.2 Å². The summed E-state index contributed by atoms with van der Waals surface area (Å²) in [7, 11) is 0. The normalized spacial score (nSPS) is 13.4. The van der Waals surface area contributed by atoms with Crippen LogP contribution in [0.25, 0.3) is 0 Å². The Kier molecular flexibility index (Phi) is 5.95. The van der Waals surface area contributed by atoms with Crippen LogP contribution in [0.1, 0.15) is 18.9 Å². The number of nitrogens with zero attached hydrogens (tertiary/aromatic N) is 1. The molecule has 1 aliphatic heterocycles. The van der Waals surface area contributed by atoms with Gasteiger partial charge < -0.3 is 9.47 Å². The monoisotopic (exact) mass is 356 g/mol. The van der Waals surface area contributed by atoms with Crippen LogP contribution in [0.15, 0.2) is 58.5 Å². The number of ether oxygens (including phenoxy) is 2. The Hall–Kier alpha value is -2.47. The molecule has 2 aromatic rings. The van der Waals surface area contributed by atoms with Crippen molar-refractivity contribution in [3.8, 4) is 11.5 Å². The van der Waals surface area contributed by atoms with Crippen molar-refractivity contribution in [2.24, 2.45) is 5.10 Å². The second-order valence-corrected chi connectivity index (χ2v) is 6.67. The largest absolute Gasteiger partial charge is 0.486 e. The maximum absolute atomic E-state index is 11.9. The zero-order chi connectivity index (χ0) is 17.5. The first-order valence-corrected chi connectivity index (χ1v) is 9.12. The Morgan fingerprint density at radius 2 is 1.88 bits per heavy atom. The van der Waals surface area contributed by atoms with Gasteiger partial charge in [0.1, 0.15) is 13.2 Å². The summed E-state index contributed by atoms with van der Waals surface area (Å²) in [6, 6.07) is 15.7. The third kappa shape index (κ3) is 5.00. The van der Waals surface area contributed by atoms with Gasteiger partial charge in [0.15, 0.2) is 11.5 Å². The lowest BCUT2D eigenvalue weighted by Crippen LogP contribution is -2.20. The van der Waals surface area contributed by atoms with Crippen molar-refractivity contribution in [3.05, 3.63) is 54.1 Å². The molecule has 0 saturated carbocycles. The average Bonchev–Trinajstić information content (AvgIpc) is 2.66. The molecule has 1 aliphatic rings. The predicted molar refractivity (Wildman–Crippen MR) is 99.6 cm³/mol. The molecule has 0 aliphatic carbocycles. The van der Waals surface area contributed by atoms with Crippen molar-refractivity contribution >= 4 is 23.4 Å². The summed E-state index contributed by atoms with van der Waals surface area (Å²) in [5.41, 5.74) is 4.23. The highest BCUT2D eigenvalue weighted by Crippen LogP contribution is 2.30. The summed E-state index contributed by atoms with van der Waals surface area (Å²) in [6.45, 7) is 2.96. The topological polar surface area (TPSA) is 59.9 Å². The Balaban J connectivity index is 1.50. The average molecular weight is 356 g/mol. The lowest BCUT2D eigenvalue weighted by atomic mass is 10.1. The summed E-state index contributed by atoms with van der Waals surface area (Å²) < 4.78 is 11.1. The van der Waals surface area contributed by atoms with Gasteiger partial charge in [-0.05, 0) is 37.3 Å². The SMILES string of the molecule is C/C(=N\NC(=O)CCSc1ccccc1)c1ccc2c(c1)OCCO2. The quantitative estimate of drug-likeness (QED) is 0.489. The van der Waals surface area contributed by atoms with Crippen molar-refractivity contribution in [1.82, 2.24) is 5.43 Å². The van der Waals surface area contributed by atoms with Gasteiger partial charge in [0.25, 0.3) is 0 Å². The van der Waals surface area contributed by atoms with Crippen molar-refractivity contribution < 1.29 is 14.3 Å². The number of nitrogens with one attached hydrogen (secondary N) is 1. The fourth-order valence-electron chi connectivity index (χ4n) is 2.31. The second-order valence-electron chi connectivity index (χ2n) is 5.50. The smallest absolute Gasteiger partial charge is 0.240 e. The molecular weight excluding hydrogens is 336 g/mol. The number of carbonyl (C=O) groups is 1. The van der Waals surface area contributed by atoms with E-state index in [4.69, 9.17) is 9.47 Å². The molecule has 0 fully saturated rings. The molecule has 1 N–H and O–H groups in total. The molecule has 1 heterocycles. The van der Waals surface area contributed by atoms with Crippen LogP contribution in [0.5, 0.6) is 11.5 Å². The molecule has 3 rings (SSSR count). The minimum atomic E-state index is -0.0969. The number of hydrogen-bond donors (Lipinski definition) is 1. The first-order chi connectivity index (χ1) is 12.2. The van der Waals surface area contributed by atoms with E-state index in [1.54, 1.807) is 11.8 Å². The van der Waals surface area contributed by atoms with Gasteiger partial charge in [-0.1, -0.05) is 18.2 Å². The van der Waals surface area contributed by atoms with Gasteiger partial charge in [-0.25, -0.2) is 5.43 Å². The molecule has 25 heavy (non-hydrogen) atoms.